The summed E-state index contributed by atoms with van der Waals surface area (Å²) >= 11 is 0. The molecule has 0 spiro atoms. The summed E-state index contributed by atoms with van der Waals surface area (Å²) in [4.78, 5) is 22.7. The zero-order chi connectivity index (χ0) is 14.3. The van der Waals surface area contributed by atoms with E-state index in [4.69, 9.17) is 5.11 Å². The lowest BCUT2D eigenvalue weighted by atomic mass is 10.0. The molecule has 0 saturated heterocycles. The third-order valence-electron chi connectivity index (χ3n) is 2.57. The van der Waals surface area contributed by atoms with Crippen molar-refractivity contribution in [3.63, 3.8) is 0 Å². The Hall–Kier alpha value is -2.04. The minimum Gasteiger partial charge on any atom is -0.480 e. The van der Waals surface area contributed by atoms with Crippen LogP contribution in [0, 0.1) is 5.92 Å². The van der Waals surface area contributed by atoms with Crippen LogP contribution in [0.3, 0.4) is 0 Å². The predicted octanol–water partition coefficient (Wildman–Crippen LogP) is 1.71. The third-order valence-corrected chi connectivity index (χ3v) is 2.57. The van der Waals surface area contributed by atoms with Gasteiger partial charge in [0.2, 0.25) is 5.91 Å². The molecule has 104 valence electrons. The molecular weight excluding hydrogens is 244 g/mol. The number of anilines is 1. The van der Waals surface area contributed by atoms with Gasteiger partial charge in [-0.05, 0) is 24.5 Å². The SMILES string of the molecule is CC(C)C[C@@H](NC(=O)CNc1ccccc1)C(=O)O. The number of carbonyl (C=O) groups excluding carboxylic acids is 1. The lowest BCUT2D eigenvalue weighted by Gasteiger charge is -2.16. The van der Waals surface area contributed by atoms with Crippen molar-refractivity contribution in [1.82, 2.24) is 5.32 Å². The summed E-state index contributed by atoms with van der Waals surface area (Å²) in [6.07, 6.45) is 0.423. The molecule has 1 aromatic rings. The van der Waals surface area contributed by atoms with E-state index in [1.165, 1.54) is 0 Å². The Kier molecular flexibility index (Phi) is 5.85. The number of para-hydroxylation sites is 1. The van der Waals surface area contributed by atoms with Gasteiger partial charge in [-0.15, -0.1) is 0 Å². The van der Waals surface area contributed by atoms with Crippen molar-refractivity contribution in [1.29, 1.82) is 0 Å². The van der Waals surface area contributed by atoms with Gasteiger partial charge in [-0.1, -0.05) is 32.0 Å². The summed E-state index contributed by atoms with van der Waals surface area (Å²) in [6.45, 7) is 3.90. The summed E-state index contributed by atoms with van der Waals surface area (Å²) in [5.74, 6) is -1.11. The second-order valence-corrected chi connectivity index (χ2v) is 4.81. The van der Waals surface area contributed by atoms with Gasteiger partial charge in [-0.3, -0.25) is 4.79 Å². The topological polar surface area (TPSA) is 78.4 Å². The Morgan fingerprint density at radius 3 is 2.37 bits per heavy atom. The minimum atomic E-state index is -0.998. The molecule has 0 fully saturated rings. The van der Waals surface area contributed by atoms with Gasteiger partial charge in [0, 0.05) is 5.69 Å². The van der Waals surface area contributed by atoms with E-state index in [9.17, 15) is 9.59 Å². The summed E-state index contributed by atoms with van der Waals surface area (Å²) < 4.78 is 0. The quantitative estimate of drug-likeness (QED) is 0.700. The van der Waals surface area contributed by atoms with Crippen molar-refractivity contribution in [2.24, 2.45) is 5.92 Å². The first-order chi connectivity index (χ1) is 8.99. The average molecular weight is 264 g/mol. The van der Waals surface area contributed by atoms with Crippen LogP contribution in [0.1, 0.15) is 20.3 Å². The summed E-state index contributed by atoms with van der Waals surface area (Å²) in [5, 5.41) is 14.5. The number of hydrogen-bond donors (Lipinski definition) is 3. The number of aliphatic carboxylic acids is 1. The van der Waals surface area contributed by atoms with E-state index in [0.717, 1.165) is 5.69 Å². The van der Waals surface area contributed by atoms with Crippen LogP contribution in [0.15, 0.2) is 30.3 Å². The van der Waals surface area contributed by atoms with Crippen LogP contribution >= 0.6 is 0 Å². The highest BCUT2D eigenvalue weighted by atomic mass is 16.4. The molecule has 3 N–H and O–H groups in total. The highest BCUT2D eigenvalue weighted by Crippen LogP contribution is 2.06. The molecule has 0 bridgehead atoms. The van der Waals surface area contributed by atoms with E-state index in [-0.39, 0.29) is 18.4 Å². The van der Waals surface area contributed by atoms with Gasteiger partial charge in [-0.2, -0.15) is 0 Å². The molecule has 1 atom stereocenters. The van der Waals surface area contributed by atoms with E-state index in [1.807, 2.05) is 44.2 Å². The second kappa shape index (κ2) is 7.41. The molecule has 0 aromatic heterocycles. The van der Waals surface area contributed by atoms with Crippen molar-refractivity contribution < 1.29 is 14.7 Å². The maximum Gasteiger partial charge on any atom is 0.326 e. The maximum atomic E-state index is 11.7. The van der Waals surface area contributed by atoms with Crippen LogP contribution in [0.4, 0.5) is 5.69 Å². The number of carboxylic acids is 1. The van der Waals surface area contributed by atoms with Crippen molar-refractivity contribution in [3.05, 3.63) is 30.3 Å². The van der Waals surface area contributed by atoms with Crippen LogP contribution in [-0.2, 0) is 9.59 Å². The molecule has 0 aliphatic carbocycles. The fraction of sp³-hybridized carbons (Fsp3) is 0.429. The van der Waals surface area contributed by atoms with E-state index in [1.54, 1.807) is 0 Å². The molecule has 1 amide bonds. The molecule has 0 heterocycles. The highest BCUT2D eigenvalue weighted by molar-refractivity contribution is 5.86. The monoisotopic (exact) mass is 264 g/mol. The largest absolute Gasteiger partial charge is 0.480 e. The Balaban J connectivity index is 2.42. The predicted molar refractivity (Wildman–Crippen MR) is 74.0 cm³/mol. The number of nitrogens with one attached hydrogen (secondary N) is 2. The summed E-state index contributed by atoms with van der Waals surface area (Å²) in [7, 11) is 0. The van der Waals surface area contributed by atoms with Gasteiger partial charge in [0.25, 0.3) is 0 Å². The number of rotatable bonds is 7. The second-order valence-electron chi connectivity index (χ2n) is 4.81. The Morgan fingerprint density at radius 2 is 1.84 bits per heavy atom. The van der Waals surface area contributed by atoms with Crippen molar-refractivity contribution in [2.75, 3.05) is 11.9 Å². The Bertz CT molecular complexity index is 418. The van der Waals surface area contributed by atoms with E-state index in [2.05, 4.69) is 10.6 Å². The molecule has 0 unspecified atom stereocenters. The molecule has 19 heavy (non-hydrogen) atoms. The number of carbonyl (C=O) groups is 2. The van der Waals surface area contributed by atoms with Gasteiger partial charge in [0.05, 0.1) is 6.54 Å². The number of amides is 1. The molecule has 5 nitrogen and oxygen atoms in total. The van der Waals surface area contributed by atoms with Crippen LogP contribution in [0.25, 0.3) is 0 Å². The van der Waals surface area contributed by atoms with Gasteiger partial charge in [-0.25, -0.2) is 4.79 Å². The standard InChI is InChI=1S/C14H20N2O3/c1-10(2)8-12(14(18)19)16-13(17)9-15-11-6-4-3-5-7-11/h3-7,10,12,15H,8-9H2,1-2H3,(H,16,17)(H,18,19)/t12-/m1/s1. The molecule has 5 heteroatoms. The smallest absolute Gasteiger partial charge is 0.326 e. The Morgan fingerprint density at radius 1 is 1.21 bits per heavy atom. The Labute approximate surface area is 113 Å². The van der Waals surface area contributed by atoms with E-state index in [0.29, 0.717) is 6.42 Å². The molecule has 0 aliphatic heterocycles. The van der Waals surface area contributed by atoms with Crippen molar-refractivity contribution >= 4 is 17.6 Å². The highest BCUT2D eigenvalue weighted by Gasteiger charge is 2.20. The van der Waals surface area contributed by atoms with Crippen LogP contribution < -0.4 is 10.6 Å². The van der Waals surface area contributed by atoms with Gasteiger partial charge >= 0.3 is 5.97 Å². The first-order valence-corrected chi connectivity index (χ1v) is 6.30. The molecular formula is C14H20N2O3. The molecule has 0 radical (unpaired) electrons. The first-order valence-electron chi connectivity index (χ1n) is 6.30. The van der Waals surface area contributed by atoms with E-state index < -0.39 is 12.0 Å². The minimum absolute atomic E-state index is 0.0614. The first kappa shape index (κ1) is 15.0. The fourth-order valence-corrected chi connectivity index (χ4v) is 1.68. The maximum absolute atomic E-state index is 11.7. The molecule has 1 aromatic carbocycles. The number of benzene rings is 1. The van der Waals surface area contributed by atoms with Gasteiger partial charge in [0.1, 0.15) is 6.04 Å². The van der Waals surface area contributed by atoms with Crippen LogP contribution in [0.5, 0.6) is 0 Å². The zero-order valence-electron chi connectivity index (χ0n) is 11.2. The normalized spacial score (nSPS) is 11.9. The van der Waals surface area contributed by atoms with Crippen LogP contribution in [0.2, 0.25) is 0 Å². The van der Waals surface area contributed by atoms with Gasteiger partial charge in [0.15, 0.2) is 0 Å². The van der Waals surface area contributed by atoms with Crippen molar-refractivity contribution in [3.8, 4) is 0 Å². The number of hydrogen-bond acceptors (Lipinski definition) is 3. The molecule has 0 aliphatic rings. The summed E-state index contributed by atoms with van der Waals surface area (Å²) in [5.41, 5.74) is 0.827. The number of carboxylic acid groups (broad SMARTS) is 1. The van der Waals surface area contributed by atoms with Crippen LogP contribution in [-0.4, -0.2) is 29.6 Å². The average Bonchev–Trinajstić information content (AvgIpc) is 2.36. The molecule has 0 saturated carbocycles. The molecule has 1 rings (SSSR count). The van der Waals surface area contributed by atoms with E-state index >= 15 is 0 Å². The van der Waals surface area contributed by atoms with Crippen molar-refractivity contribution in [2.45, 2.75) is 26.3 Å². The zero-order valence-corrected chi connectivity index (χ0v) is 11.2. The third kappa shape index (κ3) is 5.90. The summed E-state index contributed by atoms with van der Waals surface area (Å²) in [6, 6.07) is 8.46. The lowest BCUT2D eigenvalue weighted by molar-refractivity contribution is -0.142. The van der Waals surface area contributed by atoms with Gasteiger partial charge < -0.3 is 15.7 Å². The fourth-order valence-electron chi connectivity index (χ4n) is 1.68. The lowest BCUT2D eigenvalue weighted by Crippen LogP contribution is -2.43.